The van der Waals surface area contributed by atoms with Gasteiger partial charge in [0.25, 0.3) is 5.91 Å². The Balaban J connectivity index is 1.53. The fraction of sp³-hybridized carbons (Fsp3) is 0.500. The van der Waals surface area contributed by atoms with Crippen LogP contribution in [0.15, 0.2) is 35.4 Å². The van der Waals surface area contributed by atoms with Crippen LogP contribution in [0.5, 0.6) is 0 Å². The maximum absolute atomic E-state index is 12.8. The highest BCUT2D eigenvalue weighted by molar-refractivity contribution is 7.08. The molecule has 2 aromatic rings. The van der Waals surface area contributed by atoms with E-state index in [1.807, 2.05) is 21.7 Å². The molecule has 6 nitrogen and oxygen atoms in total. The molecular formula is C18H22N4O2S. The molecule has 4 rings (SSSR count). The number of aromatic nitrogens is 2. The first-order valence-corrected chi connectivity index (χ1v) is 9.60. The predicted molar refractivity (Wildman–Crippen MR) is 97.0 cm³/mol. The molecule has 0 aromatic carbocycles. The van der Waals surface area contributed by atoms with Gasteiger partial charge < -0.3 is 14.5 Å². The lowest BCUT2D eigenvalue weighted by molar-refractivity contribution is 0.0135. The van der Waals surface area contributed by atoms with Crippen molar-refractivity contribution in [2.75, 3.05) is 44.3 Å². The molecule has 0 N–H and O–H groups in total. The third-order valence-electron chi connectivity index (χ3n) is 5.03. The summed E-state index contributed by atoms with van der Waals surface area (Å²) in [5.41, 5.74) is 0.750. The lowest BCUT2D eigenvalue weighted by Crippen LogP contribution is -2.52. The van der Waals surface area contributed by atoms with Gasteiger partial charge in [-0.3, -0.25) is 9.78 Å². The lowest BCUT2D eigenvalue weighted by Gasteiger charge is -2.43. The van der Waals surface area contributed by atoms with Crippen LogP contribution >= 0.6 is 11.3 Å². The Labute approximate surface area is 151 Å². The molecule has 1 amide bonds. The number of amides is 1. The van der Waals surface area contributed by atoms with Gasteiger partial charge >= 0.3 is 0 Å². The number of anilines is 1. The molecule has 4 heterocycles. The van der Waals surface area contributed by atoms with Crippen molar-refractivity contribution in [1.29, 1.82) is 0 Å². The van der Waals surface area contributed by atoms with Gasteiger partial charge in [-0.15, -0.1) is 0 Å². The highest BCUT2D eigenvalue weighted by Crippen LogP contribution is 2.34. The number of piperidine rings is 1. The monoisotopic (exact) mass is 358 g/mol. The lowest BCUT2D eigenvalue weighted by atomic mass is 9.80. The highest BCUT2D eigenvalue weighted by atomic mass is 32.1. The normalized spacial score (nSPS) is 24.3. The van der Waals surface area contributed by atoms with Crippen LogP contribution in [0.3, 0.4) is 0 Å². The molecule has 1 atom stereocenters. The summed E-state index contributed by atoms with van der Waals surface area (Å²) in [5, 5.41) is 3.89. The molecule has 0 saturated carbocycles. The summed E-state index contributed by atoms with van der Waals surface area (Å²) in [4.78, 5) is 25.7. The van der Waals surface area contributed by atoms with Crippen LogP contribution in [-0.4, -0.2) is 60.2 Å². The fourth-order valence-corrected chi connectivity index (χ4v) is 4.47. The number of nitrogens with zero attached hydrogens (tertiary/aromatic N) is 4. The van der Waals surface area contributed by atoms with Crippen molar-refractivity contribution in [2.45, 2.75) is 12.8 Å². The van der Waals surface area contributed by atoms with E-state index in [1.54, 1.807) is 29.9 Å². The maximum atomic E-state index is 12.8. The average molecular weight is 358 g/mol. The Kier molecular flexibility index (Phi) is 4.67. The molecule has 132 valence electrons. The molecule has 2 aliphatic heterocycles. The molecule has 7 heteroatoms. The SMILES string of the molecule is O=C(c1ccsc1)N1CCCC2(COCCN(c3cnccn3)C2)C1. The number of thiophene rings is 1. The molecular weight excluding hydrogens is 336 g/mol. The van der Waals surface area contributed by atoms with Gasteiger partial charge in [-0.05, 0) is 24.3 Å². The summed E-state index contributed by atoms with van der Waals surface area (Å²) >= 11 is 1.56. The molecule has 1 unspecified atom stereocenters. The van der Waals surface area contributed by atoms with E-state index in [9.17, 15) is 4.79 Å². The van der Waals surface area contributed by atoms with Crippen molar-refractivity contribution < 1.29 is 9.53 Å². The number of rotatable bonds is 2. The molecule has 25 heavy (non-hydrogen) atoms. The second-order valence-corrected chi connectivity index (χ2v) is 7.66. The Morgan fingerprint density at radius 3 is 3.04 bits per heavy atom. The Hall–Kier alpha value is -1.99. The van der Waals surface area contributed by atoms with Crippen LogP contribution in [0.1, 0.15) is 23.2 Å². The average Bonchev–Trinajstić information content (AvgIpc) is 3.12. The van der Waals surface area contributed by atoms with Crippen molar-refractivity contribution in [2.24, 2.45) is 5.41 Å². The standard InChI is InChI=1S/C18H22N4O2S/c23-17(15-2-9-25-11-15)22-6-1-3-18(13-22)12-21(7-8-24-14-18)16-10-19-4-5-20-16/h2,4-5,9-11H,1,3,6-8,12-14H2. The van der Waals surface area contributed by atoms with Crippen LogP contribution in [0.4, 0.5) is 5.82 Å². The van der Waals surface area contributed by atoms with Crippen molar-refractivity contribution in [1.82, 2.24) is 14.9 Å². The first-order chi connectivity index (χ1) is 12.3. The first kappa shape index (κ1) is 16.5. The van der Waals surface area contributed by atoms with Crippen molar-refractivity contribution in [3.63, 3.8) is 0 Å². The van der Waals surface area contributed by atoms with Crippen molar-refractivity contribution in [3.8, 4) is 0 Å². The fourth-order valence-electron chi connectivity index (χ4n) is 3.84. The largest absolute Gasteiger partial charge is 0.379 e. The van der Waals surface area contributed by atoms with E-state index in [0.29, 0.717) is 13.2 Å². The zero-order chi connectivity index (χ0) is 17.1. The van der Waals surface area contributed by atoms with Crippen LogP contribution in [0.25, 0.3) is 0 Å². The Morgan fingerprint density at radius 1 is 1.28 bits per heavy atom. The van der Waals surface area contributed by atoms with Crippen molar-refractivity contribution in [3.05, 3.63) is 41.0 Å². The van der Waals surface area contributed by atoms with Gasteiger partial charge in [0.2, 0.25) is 0 Å². The number of carbonyl (C=O) groups is 1. The first-order valence-electron chi connectivity index (χ1n) is 8.66. The number of likely N-dealkylation sites (tertiary alicyclic amines) is 1. The topological polar surface area (TPSA) is 58.6 Å². The van der Waals surface area contributed by atoms with Crippen LogP contribution in [0.2, 0.25) is 0 Å². The summed E-state index contributed by atoms with van der Waals surface area (Å²) in [7, 11) is 0. The second-order valence-electron chi connectivity index (χ2n) is 6.88. The van der Waals surface area contributed by atoms with Gasteiger partial charge in [0, 0.05) is 49.4 Å². The summed E-state index contributed by atoms with van der Waals surface area (Å²) in [6.45, 7) is 4.58. The van der Waals surface area contributed by atoms with E-state index in [2.05, 4.69) is 14.9 Å². The minimum Gasteiger partial charge on any atom is -0.379 e. The quantitative estimate of drug-likeness (QED) is 0.824. The second kappa shape index (κ2) is 7.09. The molecule has 2 fully saturated rings. The molecule has 1 spiro atoms. The van der Waals surface area contributed by atoms with Gasteiger partial charge in [-0.25, -0.2) is 4.98 Å². The third kappa shape index (κ3) is 3.52. The van der Waals surface area contributed by atoms with Gasteiger partial charge in [-0.2, -0.15) is 11.3 Å². The third-order valence-corrected chi connectivity index (χ3v) is 5.71. The van der Waals surface area contributed by atoms with E-state index in [1.165, 1.54) is 0 Å². The molecule has 0 bridgehead atoms. The van der Waals surface area contributed by atoms with Crippen LogP contribution < -0.4 is 4.90 Å². The highest BCUT2D eigenvalue weighted by Gasteiger charge is 2.40. The summed E-state index contributed by atoms with van der Waals surface area (Å²) in [6.07, 6.45) is 7.29. The zero-order valence-corrected chi connectivity index (χ0v) is 15.0. The summed E-state index contributed by atoms with van der Waals surface area (Å²) < 4.78 is 5.93. The number of carbonyl (C=O) groups excluding carboxylic acids is 1. The van der Waals surface area contributed by atoms with Crippen LogP contribution in [0, 0.1) is 5.41 Å². The van der Waals surface area contributed by atoms with E-state index < -0.39 is 0 Å². The molecule has 2 saturated heterocycles. The zero-order valence-electron chi connectivity index (χ0n) is 14.1. The number of hydrogen-bond acceptors (Lipinski definition) is 6. The maximum Gasteiger partial charge on any atom is 0.254 e. The molecule has 2 aromatic heterocycles. The smallest absolute Gasteiger partial charge is 0.254 e. The van der Waals surface area contributed by atoms with E-state index in [0.717, 1.165) is 50.4 Å². The Morgan fingerprint density at radius 2 is 2.24 bits per heavy atom. The van der Waals surface area contributed by atoms with Gasteiger partial charge in [0.05, 0.1) is 25.0 Å². The minimum absolute atomic E-state index is 0.0437. The predicted octanol–water partition coefficient (Wildman–Crippen LogP) is 2.30. The van der Waals surface area contributed by atoms with E-state index in [4.69, 9.17) is 4.74 Å². The van der Waals surface area contributed by atoms with E-state index in [-0.39, 0.29) is 11.3 Å². The molecule has 0 radical (unpaired) electrons. The number of hydrogen-bond donors (Lipinski definition) is 0. The van der Waals surface area contributed by atoms with Crippen molar-refractivity contribution >= 4 is 23.1 Å². The van der Waals surface area contributed by atoms with Gasteiger partial charge in [-0.1, -0.05) is 0 Å². The summed E-state index contributed by atoms with van der Waals surface area (Å²) in [6, 6.07) is 1.91. The minimum atomic E-state index is -0.0437. The van der Waals surface area contributed by atoms with E-state index >= 15 is 0 Å². The molecule has 2 aliphatic rings. The Bertz CT molecular complexity index is 709. The van der Waals surface area contributed by atoms with Gasteiger partial charge in [0.1, 0.15) is 5.82 Å². The molecule has 0 aliphatic carbocycles. The van der Waals surface area contributed by atoms with Crippen LogP contribution in [-0.2, 0) is 4.74 Å². The van der Waals surface area contributed by atoms with Gasteiger partial charge in [0.15, 0.2) is 0 Å². The summed E-state index contributed by atoms with van der Waals surface area (Å²) in [5.74, 6) is 1.02. The number of ether oxygens (including phenoxy) is 1.